The van der Waals surface area contributed by atoms with Gasteiger partial charge < -0.3 is 9.80 Å². The standard InChI is InChI=1S/C25H25N5O/c1-18-24(19(2)30(27-18)23-12-5-6-13-26-23)28-14-16-29(17-15-28)25(31)22-11-7-9-20-8-3-4-10-21(20)22/h3-13H,14-17H2,1-2H3. The normalized spacial score (nSPS) is 14.3. The third-order valence-corrected chi connectivity index (χ3v) is 6.02. The molecule has 1 aliphatic rings. The molecule has 0 unspecified atom stereocenters. The number of pyridine rings is 1. The van der Waals surface area contributed by atoms with Crippen LogP contribution in [0.5, 0.6) is 0 Å². The SMILES string of the molecule is Cc1nn(-c2ccccn2)c(C)c1N1CCN(C(=O)c2cccc3ccccc23)CC1. The third kappa shape index (κ3) is 3.44. The molecule has 0 saturated carbocycles. The summed E-state index contributed by atoms with van der Waals surface area (Å²) in [5, 5.41) is 6.84. The molecule has 4 aromatic rings. The molecule has 1 fully saturated rings. The van der Waals surface area contributed by atoms with E-state index in [2.05, 4.69) is 28.9 Å². The number of aromatic nitrogens is 3. The molecule has 1 amide bonds. The van der Waals surface area contributed by atoms with Crippen LogP contribution >= 0.6 is 0 Å². The van der Waals surface area contributed by atoms with E-state index in [1.807, 2.05) is 65.0 Å². The number of carbonyl (C=O) groups is 1. The number of aryl methyl sites for hydroxylation is 1. The highest BCUT2D eigenvalue weighted by molar-refractivity contribution is 6.07. The molecule has 3 heterocycles. The van der Waals surface area contributed by atoms with Crippen molar-refractivity contribution in [3.63, 3.8) is 0 Å². The molecule has 2 aromatic heterocycles. The smallest absolute Gasteiger partial charge is 0.254 e. The molecular formula is C25H25N5O. The summed E-state index contributed by atoms with van der Waals surface area (Å²) in [6.07, 6.45) is 1.78. The van der Waals surface area contributed by atoms with E-state index in [0.29, 0.717) is 13.1 Å². The highest BCUT2D eigenvalue weighted by atomic mass is 16.2. The van der Waals surface area contributed by atoms with Crippen molar-refractivity contribution >= 4 is 22.4 Å². The number of carbonyl (C=O) groups excluding carboxylic acids is 1. The van der Waals surface area contributed by atoms with Crippen molar-refractivity contribution in [1.29, 1.82) is 0 Å². The van der Waals surface area contributed by atoms with E-state index in [1.165, 1.54) is 0 Å². The zero-order valence-electron chi connectivity index (χ0n) is 17.8. The molecular weight excluding hydrogens is 386 g/mol. The van der Waals surface area contributed by atoms with Gasteiger partial charge in [0.15, 0.2) is 5.82 Å². The number of hydrogen-bond acceptors (Lipinski definition) is 4. The number of hydrogen-bond donors (Lipinski definition) is 0. The first kappa shape index (κ1) is 19.3. The van der Waals surface area contributed by atoms with Gasteiger partial charge in [0.25, 0.3) is 5.91 Å². The van der Waals surface area contributed by atoms with Gasteiger partial charge in [0.1, 0.15) is 0 Å². The zero-order chi connectivity index (χ0) is 21.4. The van der Waals surface area contributed by atoms with Gasteiger partial charge in [0.05, 0.1) is 17.1 Å². The van der Waals surface area contributed by atoms with Crippen LogP contribution in [0.25, 0.3) is 16.6 Å². The molecule has 0 radical (unpaired) electrons. The molecule has 156 valence electrons. The van der Waals surface area contributed by atoms with E-state index < -0.39 is 0 Å². The number of piperazine rings is 1. The monoisotopic (exact) mass is 411 g/mol. The average molecular weight is 412 g/mol. The largest absolute Gasteiger partial charge is 0.365 e. The molecule has 0 atom stereocenters. The fraction of sp³-hybridized carbons (Fsp3) is 0.240. The summed E-state index contributed by atoms with van der Waals surface area (Å²) in [6.45, 7) is 7.07. The van der Waals surface area contributed by atoms with Crippen LogP contribution in [0.2, 0.25) is 0 Å². The first-order valence-corrected chi connectivity index (χ1v) is 10.6. The average Bonchev–Trinajstić information content (AvgIpc) is 3.12. The fourth-order valence-corrected chi connectivity index (χ4v) is 4.51. The summed E-state index contributed by atoms with van der Waals surface area (Å²) >= 11 is 0. The second-order valence-corrected chi connectivity index (χ2v) is 7.93. The Morgan fingerprint density at radius 3 is 2.39 bits per heavy atom. The van der Waals surface area contributed by atoms with Gasteiger partial charge in [-0.15, -0.1) is 0 Å². The number of benzene rings is 2. The molecule has 6 nitrogen and oxygen atoms in total. The zero-order valence-corrected chi connectivity index (χ0v) is 17.8. The van der Waals surface area contributed by atoms with Crippen molar-refractivity contribution in [2.75, 3.05) is 31.1 Å². The lowest BCUT2D eigenvalue weighted by Crippen LogP contribution is -2.49. The van der Waals surface area contributed by atoms with Crippen molar-refractivity contribution in [1.82, 2.24) is 19.7 Å². The van der Waals surface area contributed by atoms with E-state index >= 15 is 0 Å². The van der Waals surface area contributed by atoms with Crippen LogP contribution in [-0.2, 0) is 0 Å². The minimum Gasteiger partial charge on any atom is -0.365 e. The quantitative estimate of drug-likeness (QED) is 0.511. The maximum atomic E-state index is 13.3. The van der Waals surface area contributed by atoms with Crippen LogP contribution in [0.1, 0.15) is 21.7 Å². The Balaban J connectivity index is 1.35. The van der Waals surface area contributed by atoms with E-state index in [4.69, 9.17) is 5.10 Å². The Bertz CT molecular complexity index is 1230. The van der Waals surface area contributed by atoms with E-state index in [9.17, 15) is 4.79 Å². The molecule has 2 aromatic carbocycles. The summed E-state index contributed by atoms with van der Waals surface area (Å²) in [5.41, 5.74) is 3.98. The van der Waals surface area contributed by atoms with E-state index in [1.54, 1.807) is 6.20 Å². The summed E-state index contributed by atoms with van der Waals surface area (Å²) in [5.74, 6) is 0.924. The molecule has 5 rings (SSSR count). The molecule has 0 N–H and O–H groups in total. The van der Waals surface area contributed by atoms with Crippen molar-refractivity contribution in [2.45, 2.75) is 13.8 Å². The Labute approximate surface area is 181 Å². The number of rotatable bonds is 3. The number of nitrogens with zero attached hydrogens (tertiary/aromatic N) is 5. The second kappa shape index (κ2) is 7.87. The van der Waals surface area contributed by atoms with Crippen molar-refractivity contribution < 1.29 is 4.79 Å². The first-order chi connectivity index (χ1) is 15.1. The van der Waals surface area contributed by atoms with Crippen molar-refractivity contribution in [3.8, 4) is 5.82 Å². The minimum atomic E-state index is 0.106. The predicted molar refractivity (Wildman–Crippen MR) is 123 cm³/mol. The maximum Gasteiger partial charge on any atom is 0.254 e. The Hall–Kier alpha value is -3.67. The van der Waals surface area contributed by atoms with Gasteiger partial charge in [0.2, 0.25) is 0 Å². The van der Waals surface area contributed by atoms with Crippen LogP contribution in [0, 0.1) is 13.8 Å². The summed E-state index contributed by atoms with van der Waals surface area (Å²) in [4.78, 5) is 22.0. The van der Waals surface area contributed by atoms with Crippen LogP contribution in [0.15, 0.2) is 66.9 Å². The van der Waals surface area contributed by atoms with Gasteiger partial charge in [-0.25, -0.2) is 9.67 Å². The van der Waals surface area contributed by atoms with Crippen LogP contribution in [-0.4, -0.2) is 51.8 Å². The summed E-state index contributed by atoms with van der Waals surface area (Å²) in [6, 6.07) is 19.9. The first-order valence-electron chi connectivity index (χ1n) is 10.6. The molecule has 0 spiro atoms. The van der Waals surface area contributed by atoms with Crippen molar-refractivity contribution in [2.24, 2.45) is 0 Å². The Morgan fingerprint density at radius 2 is 1.61 bits per heavy atom. The molecule has 1 aliphatic heterocycles. The highest BCUT2D eigenvalue weighted by Gasteiger charge is 2.26. The van der Waals surface area contributed by atoms with Gasteiger partial charge in [-0.3, -0.25) is 4.79 Å². The second-order valence-electron chi connectivity index (χ2n) is 7.93. The van der Waals surface area contributed by atoms with Crippen LogP contribution in [0.3, 0.4) is 0 Å². The number of anilines is 1. The van der Waals surface area contributed by atoms with Gasteiger partial charge in [-0.2, -0.15) is 5.10 Å². The lowest BCUT2D eigenvalue weighted by Gasteiger charge is -2.36. The fourth-order valence-electron chi connectivity index (χ4n) is 4.51. The number of amides is 1. The minimum absolute atomic E-state index is 0.106. The van der Waals surface area contributed by atoms with Crippen molar-refractivity contribution in [3.05, 3.63) is 83.8 Å². The van der Waals surface area contributed by atoms with Crippen LogP contribution < -0.4 is 4.90 Å². The molecule has 0 aliphatic carbocycles. The summed E-state index contributed by atoms with van der Waals surface area (Å²) in [7, 11) is 0. The molecule has 31 heavy (non-hydrogen) atoms. The number of fused-ring (bicyclic) bond motifs is 1. The molecule has 0 bridgehead atoms. The van der Waals surface area contributed by atoms with Gasteiger partial charge in [-0.1, -0.05) is 42.5 Å². The highest BCUT2D eigenvalue weighted by Crippen LogP contribution is 2.28. The van der Waals surface area contributed by atoms with Gasteiger partial charge in [0, 0.05) is 37.9 Å². The Kier molecular flexibility index (Phi) is 4.90. The predicted octanol–water partition coefficient (Wildman–Crippen LogP) is 4.00. The van der Waals surface area contributed by atoms with Crippen LogP contribution in [0.4, 0.5) is 5.69 Å². The van der Waals surface area contributed by atoms with E-state index in [-0.39, 0.29) is 5.91 Å². The van der Waals surface area contributed by atoms with E-state index in [0.717, 1.165) is 52.3 Å². The maximum absolute atomic E-state index is 13.3. The summed E-state index contributed by atoms with van der Waals surface area (Å²) < 4.78 is 1.90. The Morgan fingerprint density at radius 1 is 0.871 bits per heavy atom. The topological polar surface area (TPSA) is 54.3 Å². The van der Waals surface area contributed by atoms with Gasteiger partial charge in [-0.05, 0) is 42.8 Å². The lowest BCUT2D eigenvalue weighted by atomic mass is 10.0. The third-order valence-electron chi connectivity index (χ3n) is 6.02. The van der Waals surface area contributed by atoms with Gasteiger partial charge >= 0.3 is 0 Å². The molecule has 1 saturated heterocycles. The molecule has 6 heteroatoms. The lowest BCUT2D eigenvalue weighted by molar-refractivity contribution is 0.0749.